The van der Waals surface area contributed by atoms with E-state index in [-0.39, 0.29) is 11.2 Å². The van der Waals surface area contributed by atoms with Gasteiger partial charge in [0.05, 0.1) is 6.54 Å². The highest BCUT2D eigenvalue weighted by atomic mass is 19.1. The lowest BCUT2D eigenvalue weighted by molar-refractivity contribution is 0.153. The van der Waals surface area contributed by atoms with Crippen LogP contribution in [0.15, 0.2) is 42.6 Å². The second-order valence-corrected chi connectivity index (χ2v) is 6.43. The number of nitrogens with zero attached hydrogens (tertiary/aromatic N) is 2. The van der Waals surface area contributed by atoms with Crippen molar-refractivity contribution in [2.24, 2.45) is 0 Å². The molecule has 0 aliphatic carbocycles. The van der Waals surface area contributed by atoms with Crippen molar-refractivity contribution in [3.63, 3.8) is 0 Å². The molecule has 2 aromatic rings. The Morgan fingerprint density at radius 3 is 2.46 bits per heavy atom. The van der Waals surface area contributed by atoms with Crippen molar-refractivity contribution in [2.45, 2.75) is 25.8 Å². The number of benzene rings is 1. The molecular weight excluding hydrogens is 309 g/mol. The standard InChI is InChI=1S/C18H22FN3O2/c1-18(2,14-5-7-15(19)8-6-14)12-21-16-9-4-13(10-20-16)11-22(3)17(23)24/h4-10H,11-12H2,1-3H3,(H,20,21)(H,23,24). The number of carbonyl (C=O) groups is 1. The van der Waals surface area contributed by atoms with Crippen LogP contribution in [0.5, 0.6) is 0 Å². The summed E-state index contributed by atoms with van der Waals surface area (Å²) in [5.41, 5.74) is 1.68. The third-order valence-electron chi connectivity index (χ3n) is 3.91. The number of carboxylic acid groups (broad SMARTS) is 1. The molecule has 5 nitrogen and oxygen atoms in total. The third-order valence-corrected chi connectivity index (χ3v) is 3.91. The largest absolute Gasteiger partial charge is 0.465 e. The van der Waals surface area contributed by atoms with Crippen molar-refractivity contribution in [1.29, 1.82) is 0 Å². The number of aromatic nitrogens is 1. The monoisotopic (exact) mass is 331 g/mol. The van der Waals surface area contributed by atoms with Crippen LogP contribution in [0.4, 0.5) is 15.0 Å². The van der Waals surface area contributed by atoms with Crippen LogP contribution in [0.2, 0.25) is 0 Å². The van der Waals surface area contributed by atoms with E-state index in [0.717, 1.165) is 11.1 Å². The van der Waals surface area contributed by atoms with E-state index < -0.39 is 6.09 Å². The van der Waals surface area contributed by atoms with Crippen LogP contribution in [0.3, 0.4) is 0 Å². The fourth-order valence-electron chi connectivity index (χ4n) is 2.28. The summed E-state index contributed by atoms with van der Waals surface area (Å²) >= 11 is 0. The Labute approximate surface area is 141 Å². The van der Waals surface area contributed by atoms with Gasteiger partial charge in [-0.2, -0.15) is 0 Å². The van der Waals surface area contributed by atoms with Gasteiger partial charge >= 0.3 is 6.09 Å². The quantitative estimate of drug-likeness (QED) is 0.847. The zero-order chi connectivity index (χ0) is 17.7. The summed E-state index contributed by atoms with van der Waals surface area (Å²) in [5, 5.41) is 12.1. The third kappa shape index (κ3) is 4.68. The molecule has 2 rings (SSSR count). The van der Waals surface area contributed by atoms with E-state index in [2.05, 4.69) is 24.1 Å². The number of anilines is 1. The van der Waals surface area contributed by atoms with Crippen molar-refractivity contribution in [1.82, 2.24) is 9.88 Å². The topological polar surface area (TPSA) is 65.5 Å². The molecule has 0 atom stereocenters. The van der Waals surface area contributed by atoms with Crippen molar-refractivity contribution in [3.8, 4) is 0 Å². The molecule has 0 radical (unpaired) electrons. The van der Waals surface area contributed by atoms with Gasteiger partial charge in [-0.25, -0.2) is 14.2 Å². The number of hydrogen-bond acceptors (Lipinski definition) is 3. The second kappa shape index (κ2) is 7.29. The van der Waals surface area contributed by atoms with E-state index in [1.54, 1.807) is 18.3 Å². The normalized spacial score (nSPS) is 11.2. The molecule has 0 bridgehead atoms. The van der Waals surface area contributed by atoms with Crippen LogP contribution in [0, 0.1) is 5.82 Å². The summed E-state index contributed by atoms with van der Waals surface area (Å²) in [6.07, 6.45) is 0.686. The van der Waals surface area contributed by atoms with E-state index in [0.29, 0.717) is 18.9 Å². The SMILES string of the molecule is CN(Cc1ccc(NCC(C)(C)c2ccc(F)cc2)nc1)C(=O)O. The zero-order valence-electron chi connectivity index (χ0n) is 14.1. The van der Waals surface area contributed by atoms with Crippen molar-refractivity contribution in [3.05, 3.63) is 59.5 Å². The van der Waals surface area contributed by atoms with E-state index in [1.165, 1.54) is 24.1 Å². The predicted molar refractivity (Wildman–Crippen MR) is 91.6 cm³/mol. The summed E-state index contributed by atoms with van der Waals surface area (Å²) in [7, 11) is 1.51. The van der Waals surface area contributed by atoms with Gasteiger partial charge in [-0.1, -0.05) is 32.0 Å². The van der Waals surface area contributed by atoms with Crippen molar-refractivity contribution < 1.29 is 14.3 Å². The van der Waals surface area contributed by atoms with Gasteiger partial charge in [0.1, 0.15) is 11.6 Å². The van der Waals surface area contributed by atoms with Crippen molar-refractivity contribution in [2.75, 3.05) is 18.9 Å². The molecule has 0 fully saturated rings. The van der Waals surface area contributed by atoms with Gasteiger partial charge in [-0.05, 0) is 29.3 Å². The molecule has 24 heavy (non-hydrogen) atoms. The molecule has 0 spiro atoms. The van der Waals surface area contributed by atoms with Gasteiger partial charge in [-0.15, -0.1) is 0 Å². The van der Waals surface area contributed by atoms with E-state index >= 15 is 0 Å². The molecule has 1 aromatic heterocycles. The average Bonchev–Trinajstić information content (AvgIpc) is 2.54. The van der Waals surface area contributed by atoms with Gasteiger partial charge in [0, 0.05) is 25.2 Å². The number of rotatable bonds is 6. The van der Waals surface area contributed by atoms with Gasteiger partial charge in [0.25, 0.3) is 0 Å². The summed E-state index contributed by atoms with van der Waals surface area (Å²) < 4.78 is 13.0. The maximum atomic E-state index is 13.0. The number of pyridine rings is 1. The Hall–Kier alpha value is -2.63. The first kappa shape index (κ1) is 17.7. The summed E-state index contributed by atoms with van der Waals surface area (Å²) in [5.74, 6) is 0.470. The smallest absolute Gasteiger partial charge is 0.407 e. The van der Waals surface area contributed by atoms with Crippen LogP contribution in [0.1, 0.15) is 25.0 Å². The predicted octanol–water partition coefficient (Wildman–Crippen LogP) is 3.72. The fraction of sp³-hybridized carbons (Fsp3) is 0.333. The van der Waals surface area contributed by atoms with Gasteiger partial charge < -0.3 is 15.3 Å². The maximum Gasteiger partial charge on any atom is 0.407 e. The molecular formula is C18H22FN3O2. The highest BCUT2D eigenvalue weighted by molar-refractivity contribution is 5.64. The molecule has 0 aliphatic heterocycles. The van der Waals surface area contributed by atoms with Crippen LogP contribution >= 0.6 is 0 Å². The first-order valence-electron chi connectivity index (χ1n) is 7.67. The first-order valence-corrected chi connectivity index (χ1v) is 7.67. The average molecular weight is 331 g/mol. The molecule has 0 saturated heterocycles. The van der Waals surface area contributed by atoms with E-state index in [4.69, 9.17) is 5.11 Å². The Morgan fingerprint density at radius 1 is 1.25 bits per heavy atom. The lowest BCUT2D eigenvalue weighted by Gasteiger charge is -2.26. The molecule has 0 saturated carbocycles. The van der Waals surface area contributed by atoms with E-state index in [1.807, 2.05) is 12.1 Å². The molecule has 1 aromatic carbocycles. The fourth-order valence-corrected chi connectivity index (χ4v) is 2.28. The Bertz CT molecular complexity index is 684. The van der Waals surface area contributed by atoms with Gasteiger partial charge in [-0.3, -0.25) is 0 Å². The minimum atomic E-state index is -0.974. The Kier molecular flexibility index (Phi) is 5.39. The summed E-state index contributed by atoms with van der Waals surface area (Å²) in [4.78, 5) is 16.3. The highest BCUT2D eigenvalue weighted by Crippen LogP contribution is 2.23. The Balaban J connectivity index is 1.96. The van der Waals surface area contributed by atoms with Crippen LogP contribution in [-0.4, -0.2) is 34.7 Å². The van der Waals surface area contributed by atoms with Crippen molar-refractivity contribution >= 4 is 11.9 Å². The first-order chi connectivity index (χ1) is 11.3. The minimum absolute atomic E-state index is 0.183. The zero-order valence-corrected chi connectivity index (χ0v) is 14.1. The summed E-state index contributed by atoms with van der Waals surface area (Å²) in [6.45, 7) is 5.08. The molecule has 2 N–H and O–H groups in total. The molecule has 1 amide bonds. The van der Waals surface area contributed by atoms with Crippen LogP contribution < -0.4 is 5.32 Å². The lowest BCUT2D eigenvalue weighted by atomic mass is 9.84. The molecule has 1 heterocycles. The second-order valence-electron chi connectivity index (χ2n) is 6.43. The number of nitrogens with one attached hydrogen (secondary N) is 1. The molecule has 6 heteroatoms. The van der Waals surface area contributed by atoms with E-state index in [9.17, 15) is 9.18 Å². The molecule has 128 valence electrons. The molecule has 0 aliphatic rings. The Morgan fingerprint density at radius 2 is 1.92 bits per heavy atom. The minimum Gasteiger partial charge on any atom is -0.465 e. The molecule has 0 unspecified atom stereocenters. The van der Waals surface area contributed by atoms with Crippen LogP contribution in [0.25, 0.3) is 0 Å². The lowest BCUT2D eigenvalue weighted by Crippen LogP contribution is -2.28. The van der Waals surface area contributed by atoms with Crippen LogP contribution in [-0.2, 0) is 12.0 Å². The number of amides is 1. The van der Waals surface area contributed by atoms with Gasteiger partial charge in [0.15, 0.2) is 0 Å². The maximum absolute atomic E-state index is 13.0. The van der Waals surface area contributed by atoms with Gasteiger partial charge in [0.2, 0.25) is 0 Å². The summed E-state index contributed by atoms with van der Waals surface area (Å²) in [6, 6.07) is 10.2. The highest BCUT2D eigenvalue weighted by Gasteiger charge is 2.20. The number of hydrogen-bond donors (Lipinski definition) is 2. The number of halogens is 1.